The van der Waals surface area contributed by atoms with Crippen LogP contribution in [0.5, 0.6) is 0 Å². The summed E-state index contributed by atoms with van der Waals surface area (Å²) in [5.74, 6) is 0.926. The lowest BCUT2D eigenvalue weighted by Crippen LogP contribution is -2.03. The molecule has 1 aromatic heterocycles. The Labute approximate surface area is 138 Å². The molecule has 2 nitrogen and oxygen atoms in total. The molecular formula is C20H35N2. The van der Waals surface area contributed by atoms with Gasteiger partial charge in [0.25, 0.3) is 0 Å². The summed E-state index contributed by atoms with van der Waals surface area (Å²) in [6.45, 7) is 8.48. The van der Waals surface area contributed by atoms with Crippen molar-refractivity contribution >= 4 is 0 Å². The molecule has 0 aromatic carbocycles. The summed E-state index contributed by atoms with van der Waals surface area (Å²) in [6.07, 6.45) is 16.1. The van der Waals surface area contributed by atoms with Crippen LogP contribution in [0, 0.1) is 6.92 Å². The maximum Gasteiger partial charge on any atom is 0.128 e. The number of rotatable bonds is 13. The van der Waals surface area contributed by atoms with Gasteiger partial charge in [0.2, 0.25) is 0 Å². The Morgan fingerprint density at radius 2 is 1.18 bits per heavy atom. The van der Waals surface area contributed by atoms with Crippen LogP contribution >= 0.6 is 0 Å². The van der Waals surface area contributed by atoms with Crippen LogP contribution in [-0.4, -0.2) is 9.97 Å². The molecule has 0 fully saturated rings. The molecule has 2 heteroatoms. The molecule has 0 saturated carbocycles. The zero-order chi connectivity index (χ0) is 16.0. The first-order valence-corrected chi connectivity index (χ1v) is 9.45. The predicted molar refractivity (Wildman–Crippen MR) is 96.0 cm³/mol. The Kier molecular flexibility index (Phi) is 11.0. The predicted octanol–water partition coefficient (Wildman–Crippen LogP) is 5.88. The van der Waals surface area contributed by atoms with Gasteiger partial charge in [-0.1, -0.05) is 65.2 Å². The molecule has 0 unspecified atom stereocenters. The van der Waals surface area contributed by atoms with E-state index < -0.39 is 0 Å². The summed E-state index contributed by atoms with van der Waals surface area (Å²) in [4.78, 5) is 9.31. The van der Waals surface area contributed by atoms with E-state index in [1.54, 1.807) is 0 Å². The van der Waals surface area contributed by atoms with Gasteiger partial charge in [-0.25, -0.2) is 9.97 Å². The smallest absolute Gasteiger partial charge is 0.128 e. The Hall–Kier alpha value is -0.920. The first kappa shape index (κ1) is 19.1. The Bertz CT molecular complexity index is 355. The second kappa shape index (κ2) is 12.6. The first-order valence-electron chi connectivity index (χ1n) is 9.45. The Balaban J connectivity index is 2.42. The van der Waals surface area contributed by atoms with Gasteiger partial charge < -0.3 is 0 Å². The molecule has 0 aliphatic rings. The average Bonchev–Trinajstić information content (AvgIpc) is 2.54. The van der Waals surface area contributed by atoms with Gasteiger partial charge in [0.05, 0.1) is 0 Å². The van der Waals surface area contributed by atoms with E-state index in [0.717, 1.165) is 18.7 Å². The van der Waals surface area contributed by atoms with Gasteiger partial charge in [-0.3, -0.25) is 0 Å². The molecule has 1 radical (unpaired) electrons. The van der Waals surface area contributed by atoms with Crippen molar-refractivity contribution in [3.63, 3.8) is 0 Å². The summed E-state index contributed by atoms with van der Waals surface area (Å²) in [5, 5.41) is 0. The molecule has 0 saturated heterocycles. The van der Waals surface area contributed by atoms with Crippen LogP contribution in [0.2, 0.25) is 0 Å². The van der Waals surface area contributed by atoms with Crippen molar-refractivity contribution in [3.8, 4) is 0 Å². The maximum absolute atomic E-state index is 4.65. The molecule has 1 heterocycles. The topological polar surface area (TPSA) is 25.8 Å². The number of aryl methyl sites for hydroxylation is 2. The van der Waals surface area contributed by atoms with E-state index in [9.17, 15) is 0 Å². The number of hydrogen-bond acceptors (Lipinski definition) is 2. The number of nitrogens with zero attached hydrogens (tertiary/aromatic N) is 2. The van der Waals surface area contributed by atoms with Crippen molar-refractivity contribution in [3.05, 3.63) is 30.2 Å². The summed E-state index contributed by atoms with van der Waals surface area (Å²) in [6, 6.07) is 2.23. The Morgan fingerprint density at radius 3 is 1.59 bits per heavy atom. The molecule has 0 bridgehead atoms. The summed E-state index contributed by atoms with van der Waals surface area (Å²) >= 11 is 0. The van der Waals surface area contributed by atoms with Crippen molar-refractivity contribution in [2.24, 2.45) is 0 Å². The van der Waals surface area contributed by atoms with Crippen LogP contribution in [-0.2, 0) is 19.3 Å². The third kappa shape index (κ3) is 8.51. The highest BCUT2D eigenvalue weighted by molar-refractivity contribution is 5.12. The summed E-state index contributed by atoms with van der Waals surface area (Å²) < 4.78 is 0. The van der Waals surface area contributed by atoms with E-state index in [-0.39, 0.29) is 0 Å². The summed E-state index contributed by atoms with van der Waals surface area (Å²) in [5.41, 5.74) is 2.46. The van der Waals surface area contributed by atoms with Gasteiger partial charge in [0, 0.05) is 17.8 Å². The molecule has 0 aliphatic carbocycles. The minimum Gasteiger partial charge on any atom is -0.238 e. The fourth-order valence-electron chi connectivity index (χ4n) is 2.80. The van der Waals surface area contributed by atoms with E-state index in [1.165, 1.54) is 75.6 Å². The number of unbranched alkanes of at least 4 members (excludes halogenated alkanes) is 8. The normalized spacial score (nSPS) is 11.0. The molecule has 0 aliphatic heterocycles. The van der Waals surface area contributed by atoms with E-state index in [2.05, 4.69) is 36.8 Å². The lowest BCUT2D eigenvalue weighted by molar-refractivity contribution is 0.618. The second-order valence-corrected chi connectivity index (χ2v) is 6.35. The number of aromatic nitrogens is 2. The second-order valence-electron chi connectivity index (χ2n) is 6.35. The van der Waals surface area contributed by atoms with Gasteiger partial charge in [-0.15, -0.1) is 0 Å². The van der Waals surface area contributed by atoms with E-state index in [4.69, 9.17) is 0 Å². The fourth-order valence-corrected chi connectivity index (χ4v) is 2.80. The van der Waals surface area contributed by atoms with Crippen LogP contribution in [0.3, 0.4) is 0 Å². The van der Waals surface area contributed by atoms with Crippen molar-refractivity contribution in [1.29, 1.82) is 0 Å². The monoisotopic (exact) mass is 303 g/mol. The van der Waals surface area contributed by atoms with E-state index >= 15 is 0 Å². The zero-order valence-electron chi connectivity index (χ0n) is 14.9. The molecular weight excluding hydrogens is 268 g/mol. The van der Waals surface area contributed by atoms with Crippen molar-refractivity contribution in [2.75, 3.05) is 0 Å². The lowest BCUT2D eigenvalue weighted by atomic mass is 10.1. The van der Waals surface area contributed by atoms with Crippen molar-refractivity contribution in [1.82, 2.24) is 9.97 Å². The van der Waals surface area contributed by atoms with Crippen LogP contribution < -0.4 is 0 Å². The maximum atomic E-state index is 4.65. The standard InChI is InChI=1S/C20H35N2/c1-4-7-9-11-13-15-18-17-19(22-20(6-3)21-18)16-14-12-10-8-5-2/h17H,3-16H2,1-2H3. The van der Waals surface area contributed by atoms with Gasteiger partial charge in [0.1, 0.15) is 5.82 Å². The third-order valence-corrected chi connectivity index (χ3v) is 4.18. The van der Waals surface area contributed by atoms with E-state index in [0.29, 0.717) is 6.42 Å². The van der Waals surface area contributed by atoms with Gasteiger partial charge in [0.15, 0.2) is 0 Å². The first-order chi connectivity index (χ1) is 10.8. The van der Waals surface area contributed by atoms with Crippen LogP contribution in [0.15, 0.2) is 6.07 Å². The number of hydrogen-bond donors (Lipinski definition) is 0. The molecule has 0 amide bonds. The van der Waals surface area contributed by atoms with Gasteiger partial charge >= 0.3 is 0 Å². The SMILES string of the molecule is [CH2]Cc1nc(CCCCCCC)cc(CCCCCCC)n1. The van der Waals surface area contributed by atoms with Crippen LogP contribution in [0.25, 0.3) is 0 Å². The molecule has 0 spiro atoms. The molecule has 1 aromatic rings. The van der Waals surface area contributed by atoms with Crippen molar-refractivity contribution < 1.29 is 0 Å². The minimum atomic E-state index is 0.701. The molecule has 22 heavy (non-hydrogen) atoms. The lowest BCUT2D eigenvalue weighted by Gasteiger charge is -2.07. The van der Waals surface area contributed by atoms with E-state index in [1.807, 2.05) is 0 Å². The van der Waals surface area contributed by atoms with Crippen LogP contribution in [0.4, 0.5) is 0 Å². The highest BCUT2D eigenvalue weighted by Crippen LogP contribution is 2.12. The quantitative estimate of drug-likeness (QED) is 0.425. The zero-order valence-corrected chi connectivity index (χ0v) is 14.9. The molecule has 1 rings (SSSR count). The van der Waals surface area contributed by atoms with Crippen molar-refractivity contribution in [2.45, 2.75) is 97.3 Å². The average molecular weight is 304 g/mol. The minimum absolute atomic E-state index is 0.701. The third-order valence-electron chi connectivity index (χ3n) is 4.18. The highest BCUT2D eigenvalue weighted by atomic mass is 14.9. The highest BCUT2D eigenvalue weighted by Gasteiger charge is 2.04. The molecule has 0 N–H and O–H groups in total. The Morgan fingerprint density at radius 1 is 0.727 bits per heavy atom. The largest absolute Gasteiger partial charge is 0.238 e. The van der Waals surface area contributed by atoms with Crippen LogP contribution in [0.1, 0.15) is 95.3 Å². The fraction of sp³-hybridized carbons (Fsp3) is 0.750. The summed E-state index contributed by atoms with van der Waals surface area (Å²) in [7, 11) is 0. The molecule has 125 valence electrons. The van der Waals surface area contributed by atoms with Gasteiger partial charge in [-0.2, -0.15) is 0 Å². The molecule has 0 atom stereocenters. The van der Waals surface area contributed by atoms with Gasteiger partial charge in [-0.05, 0) is 38.7 Å².